The summed E-state index contributed by atoms with van der Waals surface area (Å²) < 4.78 is 5.62. The van der Waals surface area contributed by atoms with Gasteiger partial charge in [0.2, 0.25) is 5.88 Å². The lowest BCUT2D eigenvalue weighted by Gasteiger charge is -2.23. The molecule has 0 saturated heterocycles. The number of hydrogen-bond acceptors (Lipinski definition) is 4. The third-order valence-electron chi connectivity index (χ3n) is 3.46. The molecule has 0 spiro atoms. The number of hydrogen-bond donors (Lipinski definition) is 1. The smallest absolute Gasteiger partial charge is 0.254 e. The summed E-state index contributed by atoms with van der Waals surface area (Å²) in [5.41, 5.74) is 1.52. The minimum absolute atomic E-state index is 0.0787. The Bertz CT molecular complexity index is 616. The summed E-state index contributed by atoms with van der Waals surface area (Å²) >= 11 is 0. The van der Waals surface area contributed by atoms with Gasteiger partial charge in [-0.1, -0.05) is 30.3 Å². The Balaban J connectivity index is 2.05. The van der Waals surface area contributed by atoms with Gasteiger partial charge in [0.1, 0.15) is 6.61 Å². The molecule has 1 unspecified atom stereocenters. The molecule has 2 rings (SSSR count). The van der Waals surface area contributed by atoms with Crippen LogP contribution in [0.25, 0.3) is 0 Å². The summed E-state index contributed by atoms with van der Waals surface area (Å²) in [7, 11) is 1.66. The van der Waals surface area contributed by atoms with Crippen molar-refractivity contribution in [2.75, 3.05) is 13.7 Å². The first-order chi connectivity index (χ1) is 10.6. The number of aliphatic hydroxyl groups is 1. The van der Waals surface area contributed by atoms with Crippen molar-refractivity contribution >= 4 is 5.91 Å². The van der Waals surface area contributed by atoms with E-state index in [1.165, 1.54) is 4.90 Å². The lowest BCUT2D eigenvalue weighted by Crippen LogP contribution is -2.37. The van der Waals surface area contributed by atoms with Crippen LogP contribution in [0.2, 0.25) is 0 Å². The van der Waals surface area contributed by atoms with Crippen LogP contribution in [0.5, 0.6) is 5.88 Å². The zero-order chi connectivity index (χ0) is 15.9. The Hall–Kier alpha value is -2.40. The molecular weight excluding hydrogens is 280 g/mol. The number of ether oxygens (including phenoxy) is 1. The highest BCUT2D eigenvalue weighted by Gasteiger charge is 2.17. The van der Waals surface area contributed by atoms with Crippen LogP contribution in [0.4, 0.5) is 0 Å². The maximum atomic E-state index is 12.3. The third-order valence-corrected chi connectivity index (χ3v) is 3.46. The number of amides is 1. The van der Waals surface area contributed by atoms with E-state index in [2.05, 4.69) is 4.98 Å². The maximum Gasteiger partial charge on any atom is 0.254 e. The van der Waals surface area contributed by atoms with Gasteiger partial charge in [-0.2, -0.15) is 0 Å². The number of nitrogens with zero attached hydrogens (tertiary/aromatic N) is 2. The second-order valence-electron chi connectivity index (χ2n) is 5.10. The normalized spacial score (nSPS) is 11.8. The predicted molar refractivity (Wildman–Crippen MR) is 83.7 cm³/mol. The lowest BCUT2D eigenvalue weighted by molar-refractivity contribution is 0.0681. The van der Waals surface area contributed by atoms with Crippen molar-refractivity contribution in [2.24, 2.45) is 0 Å². The highest BCUT2D eigenvalue weighted by Crippen LogP contribution is 2.14. The Morgan fingerprint density at radius 2 is 2.05 bits per heavy atom. The van der Waals surface area contributed by atoms with E-state index in [1.807, 2.05) is 30.3 Å². The average Bonchev–Trinajstić information content (AvgIpc) is 2.59. The van der Waals surface area contributed by atoms with Crippen LogP contribution in [0.1, 0.15) is 22.8 Å². The number of likely N-dealkylation sites (N-methyl/N-ethyl adjacent to an activating group) is 1. The maximum absolute atomic E-state index is 12.3. The van der Waals surface area contributed by atoms with Crippen molar-refractivity contribution in [3.05, 3.63) is 59.8 Å². The summed E-state index contributed by atoms with van der Waals surface area (Å²) in [5, 5.41) is 9.13. The van der Waals surface area contributed by atoms with Gasteiger partial charge in [-0.05, 0) is 18.6 Å². The molecule has 116 valence electrons. The number of benzene rings is 1. The quantitative estimate of drug-likeness (QED) is 0.887. The summed E-state index contributed by atoms with van der Waals surface area (Å²) in [6.07, 6.45) is 1.55. The minimum Gasteiger partial charge on any atom is -0.473 e. The van der Waals surface area contributed by atoms with Crippen LogP contribution in [-0.4, -0.2) is 40.6 Å². The van der Waals surface area contributed by atoms with Crippen molar-refractivity contribution in [1.82, 2.24) is 9.88 Å². The van der Waals surface area contributed by atoms with E-state index in [0.29, 0.717) is 18.1 Å². The molecule has 1 amide bonds. The molecule has 1 aromatic carbocycles. The first-order valence-corrected chi connectivity index (χ1v) is 7.12. The van der Waals surface area contributed by atoms with E-state index in [0.717, 1.165) is 5.56 Å². The highest BCUT2D eigenvalue weighted by molar-refractivity contribution is 5.94. The van der Waals surface area contributed by atoms with Crippen LogP contribution in [0.15, 0.2) is 48.7 Å². The monoisotopic (exact) mass is 300 g/mol. The molecule has 0 fully saturated rings. The van der Waals surface area contributed by atoms with Crippen LogP contribution < -0.4 is 4.74 Å². The molecule has 1 heterocycles. The Morgan fingerprint density at radius 3 is 2.73 bits per heavy atom. The van der Waals surface area contributed by atoms with Gasteiger partial charge in [0.05, 0.1) is 12.6 Å². The molecule has 1 N–H and O–H groups in total. The lowest BCUT2D eigenvalue weighted by atomic mass is 10.2. The molecule has 5 nitrogen and oxygen atoms in total. The van der Waals surface area contributed by atoms with Crippen LogP contribution in [0.3, 0.4) is 0 Å². The Morgan fingerprint density at radius 1 is 1.32 bits per heavy atom. The van der Waals surface area contributed by atoms with Crippen molar-refractivity contribution < 1.29 is 14.6 Å². The first-order valence-electron chi connectivity index (χ1n) is 7.12. The third kappa shape index (κ3) is 4.05. The molecule has 5 heteroatoms. The van der Waals surface area contributed by atoms with E-state index in [-0.39, 0.29) is 18.6 Å². The summed E-state index contributed by atoms with van der Waals surface area (Å²) in [5.74, 6) is 0.230. The standard InChI is InChI=1S/C17H20N2O3/c1-13(11-20)19(2)17(21)15-8-9-18-16(10-15)22-12-14-6-4-3-5-7-14/h3-10,13,20H,11-12H2,1-2H3. The van der Waals surface area contributed by atoms with Crippen LogP contribution in [-0.2, 0) is 6.61 Å². The molecular formula is C17H20N2O3. The predicted octanol–water partition coefficient (Wildman–Crippen LogP) is 2.11. The molecule has 2 aromatic rings. The summed E-state index contributed by atoms with van der Waals surface area (Å²) in [4.78, 5) is 17.9. The number of carbonyl (C=O) groups is 1. The molecule has 1 atom stereocenters. The number of rotatable bonds is 6. The van der Waals surface area contributed by atoms with E-state index in [9.17, 15) is 4.79 Å². The molecule has 0 radical (unpaired) electrons. The van der Waals surface area contributed by atoms with Crippen molar-refractivity contribution in [2.45, 2.75) is 19.6 Å². The van der Waals surface area contributed by atoms with Gasteiger partial charge >= 0.3 is 0 Å². The molecule has 0 bridgehead atoms. The SMILES string of the molecule is CC(CO)N(C)C(=O)c1ccnc(OCc2ccccc2)c1. The first kappa shape index (κ1) is 16.0. The fraction of sp³-hybridized carbons (Fsp3) is 0.294. The number of aliphatic hydroxyl groups excluding tert-OH is 1. The number of pyridine rings is 1. The second kappa shape index (κ2) is 7.56. The van der Waals surface area contributed by atoms with Crippen LogP contribution >= 0.6 is 0 Å². The molecule has 0 aliphatic heterocycles. The summed E-state index contributed by atoms with van der Waals surface area (Å²) in [6, 6.07) is 12.8. The van der Waals surface area contributed by atoms with Crippen molar-refractivity contribution in [3.8, 4) is 5.88 Å². The molecule has 22 heavy (non-hydrogen) atoms. The fourth-order valence-corrected chi connectivity index (χ4v) is 1.88. The van der Waals surface area contributed by atoms with E-state index in [4.69, 9.17) is 9.84 Å². The second-order valence-corrected chi connectivity index (χ2v) is 5.10. The summed E-state index contributed by atoms with van der Waals surface area (Å²) in [6.45, 7) is 2.10. The van der Waals surface area contributed by atoms with Gasteiger partial charge < -0.3 is 14.7 Å². The highest BCUT2D eigenvalue weighted by atomic mass is 16.5. The van der Waals surface area contributed by atoms with Crippen molar-refractivity contribution in [1.29, 1.82) is 0 Å². The van der Waals surface area contributed by atoms with Crippen molar-refractivity contribution in [3.63, 3.8) is 0 Å². The van der Waals surface area contributed by atoms with Gasteiger partial charge in [0.15, 0.2) is 0 Å². The zero-order valence-corrected chi connectivity index (χ0v) is 12.8. The minimum atomic E-state index is -0.241. The number of aromatic nitrogens is 1. The van der Waals surface area contributed by atoms with E-state index < -0.39 is 0 Å². The molecule has 0 saturated carbocycles. The molecule has 0 aliphatic rings. The van der Waals surface area contributed by atoms with Gasteiger partial charge in [0.25, 0.3) is 5.91 Å². The van der Waals surface area contributed by atoms with E-state index in [1.54, 1.807) is 32.3 Å². The van der Waals surface area contributed by atoms with E-state index >= 15 is 0 Å². The number of carbonyl (C=O) groups excluding carboxylic acids is 1. The average molecular weight is 300 g/mol. The van der Waals surface area contributed by atoms with Gasteiger partial charge in [-0.25, -0.2) is 4.98 Å². The molecule has 0 aliphatic carbocycles. The Kier molecular flexibility index (Phi) is 5.49. The van der Waals surface area contributed by atoms with Gasteiger partial charge in [-0.15, -0.1) is 0 Å². The Labute approximate surface area is 130 Å². The molecule has 1 aromatic heterocycles. The largest absolute Gasteiger partial charge is 0.473 e. The zero-order valence-electron chi connectivity index (χ0n) is 12.8. The van der Waals surface area contributed by atoms with Crippen LogP contribution in [0, 0.1) is 0 Å². The van der Waals surface area contributed by atoms with Gasteiger partial charge in [0, 0.05) is 24.9 Å². The fourth-order valence-electron chi connectivity index (χ4n) is 1.88. The topological polar surface area (TPSA) is 62.7 Å². The van der Waals surface area contributed by atoms with Gasteiger partial charge in [-0.3, -0.25) is 4.79 Å².